The van der Waals surface area contributed by atoms with Crippen LogP contribution in [0.3, 0.4) is 0 Å². The first-order valence-electron chi connectivity index (χ1n) is 9.56. The number of carbonyl (C=O) groups is 3. The van der Waals surface area contributed by atoms with E-state index in [9.17, 15) is 14.4 Å². The number of esters is 1. The van der Waals surface area contributed by atoms with Gasteiger partial charge in [0, 0.05) is 24.7 Å². The van der Waals surface area contributed by atoms with Crippen LogP contribution in [0.1, 0.15) is 18.1 Å². The van der Waals surface area contributed by atoms with Gasteiger partial charge in [-0.1, -0.05) is 35.9 Å². The first-order chi connectivity index (χ1) is 14.8. The standard InChI is InChI=1S/C23H25ClN2O5/c1-16(25-21(27)12-9-17-7-10-20(30-3)11-8-17)23(29)31-15-22(28)26(2)14-18-5-4-6-19(24)13-18/h4-13,16H,14-15H2,1-3H3,(H,25,27)/b12-9+. The molecule has 0 aromatic heterocycles. The van der Waals surface area contributed by atoms with Gasteiger partial charge in [0.2, 0.25) is 5.91 Å². The van der Waals surface area contributed by atoms with Crippen LogP contribution in [0, 0.1) is 0 Å². The number of likely N-dealkylation sites (N-methyl/N-ethyl adjacent to an activating group) is 1. The Hall–Kier alpha value is -3.32. The van der Waals surface area contributed by atoms with Gasteiger partial charge < -0.3 is 19.7 Å². The van der Waals surface area contributed by atoms with E-state index in [4.69, 9.17) is 21.1 Å². The summed E-state index contributed by atoms with van der Waals surface area (Å²) >= 11 is 5.94. The number of halogens is 1. The molecule has 2 amide bonds. The maximum atomic E-state index is 12.2. The minimum absolute atomic E-state index is 0.333. The highest BCUT2D eigenvalue weighted by Gasteiger charge is 2.18. The number of benzene rings is 2. The van der Waals surface area contributed by atoms with Gasteiger partial charge >= 0.3 is 5.97 Å². The van der Waals surface area contributed by atoms with E-state index >= 15 is 0 Å². The molecule has 2 rings (SSSR count). The number of nitrogens with zero attached hydrogens (tertiary/aromatic N) is 1. The Bertz CT molecular complexity index is 943. The summed E-state index contributed by atoms with van der Waals surface area (Å²) in [6.07, 6.45) is 2.93. The molecule has 1 atom stereocenters. The number of nitrogens with one attached hydrogen (secondary N) is 1. The van der Waals surface area contributed by atoms with Gasteiger partial charge in [-0.25, -0.2) is 4.79 Å². The van der Waals surface area contributed by atoms with Crippen LogP contribution < -0.4 is 10.1 Å². The monoisotopic (exact) mass is 444 g/mol. The summed E-state index contributed by atoms with van der Waals surface area (Å²) in [7, 11) is 3.18. The normalized spacial score (nSPS) is 11.6. The average molecular weight is 445 g/mol. The molecule has 0 aliphatic rings. The summed E-state index contributed by atoms with van der Waals surface area (Å²) < 4.78 is 10.1. The van der Waals surface area contributed by atoms with E-state index < -0.39 is 24.5 Å². The summed E-state index contributed by atoms with van der Waals surface area (Å²) in [6.45, 7) is 1.40. The zero-order valence-corrected chi connectivity index (χ0v) is 18.4. The molecule has 2 aromatic rings. The second kappa shape index (κ2) is 11.8. The van der Waals surface area contributed by atoms with Crippen molar-refractivity contribution in [1.29, 1.82) is 0 Å². The van der Waals surface area contributed by atoms with Crippen LogP contribution in [-0.2, 0) is 25.7 Å². The molecule has 2 aromatic carbocycles. The average Bonchev–Trinajstić information content (AvgIpc) is 2.76. The Morgan fingerprint density at radius 3 is 2.52 bits per heavy atom. The highest BCUT2D eigenvalue weighted by atomic mass is 35.5. The molecule has 8 heteroatoms. The SMILES string of the molecule is COc1ccc(/C=C/C(=O)NC(C)C(=O)OCC(=O)N(C)Cc2cccc(Cl)c2)cc1. The second-order valence-corrected chi connectivity index (χ2v) is 7.26. The minimum atomic E-state index is -0.904. The highest BCUT2D eigenvalue weighted by Crippen LogP contribution is 2.13. The lowest BCUT2D eigenvalue weighted by Gasteiger charge is -2.18. The largest absolute Gasteiger partial charge is 0.497 e. The fraction of sp³-hybridized carbons (Fsp3) is 0.261. The van der Waals surface area contributed by atoms with Crippen molar-refractivity contribution in [3.8, 4) is 5.75 Å². The summed E-state index contributed by atoms with van der Waals surface area (Å²) in [5, 5.41) is 3.09. The molecule has 0 saturated heterocycles. The Kier molecular flexibility index (Phi) is 9.09. The summed E-state index contributed by atoms with van der Waals surface area (Å²) in [4.78, 5) is 37.7. The minimum Gasteiger partial charge on any atom is -0.497 e. The van der Waals surface area contributed by atoms with Crippen molar-refractivity contribution in [2.24, 2.45) is 0 Å². The van der Waals surface area contributed by atoms with Gasteiger partial charge in [0.1, 0.15) is 11.8 Å². The molecule has 0 bridgehead atoms. The Labute approximate surface area is 186 Å². The molecule has 31 heavy (non-hydrogen) atoms. The quantitative estimate of drug-likeness (QED) is 0.474. The third kappa shape index (κ3) is 8.14. The van der Waals surface area contributed by atoms with Crippen LogP contribution in [-0.4, -0.2) is 49.5 Å². The van der Waals surface area contributed by atoms with Crippen molar-refractivity contribution in [3.63, 3.8) is 0 Å². The van der Waals surface area contributed by atoms with Crippen molar-refractivity contribution >= 4 is 35.5 Å². The van der Waals surface area contributed by atoms with Crippen LogP contribution in [0.5, 0.6) is 5.75 Å². The summed E-state index contributed by atoms with van der Waals surface area (Å²) in [5.41, 5.74) is 1.67. The number of hydrogen-bond acceptors (Lipinski definition) is 5. The fourth-order valence-corrected chi connectivity index (χ4v) is 2.79. The molecule has 0 spiro atoms. The lowest BCUT2D eigenvalue weighted by Crippen LogP contribution is -2.40. The van der Waals surface area contributed by atoms with E-state index in [1.807, 2.05) is 6.07 Å². The van der Waals surface area contributed by atoms with Gasteiger partial charge in [-0.15, -0.1) is 0 Å². The topological polar surface area (TPSA) is 84.9 Å². The number of rotatable bonds is 9. The van der Waals surface area contributed by atoms with Crippen molar-refractivity contribution in [2.45, 2.75) is 19.5 Å². The molecule has 7 nitrogen and oxygen atoms in total. The van der Waals surface area contributed by atoms with E-state index in [0.29, 0.717) is 17.3 Å². The number of hydrogen-bond donors (Lipinski definition) is 1. The van der Waals surface area contributed by atoms with Crippen molar-refractivity contribution in [2.75, 3.05) is 20.8 Å². The fourth-order valence-electron chi connectivity index (χ4n) is 2.57. The molecule has 1 N–H and O–H groups in total. The molecular weight excluding hydrogens is 420 g/mol. The van der Waals surface area contributed by atoms with Crippen LogP contribution in [0.2, 0.25) is 5.02 Å². The highest BCUT2D eigenvalue weighted by molar-refractivity contribution is 6.30. The first-order valence-corrected chi connectivity index (χ1v) is 9.94. The molecule has 0 radical (unpaired) electrons. The van der Waals surface area contributed by atoms with E-state index in [1.54, 1.807) is 62.7 Å². The van der Waals surface area contributed by atoms with Gasteiger partial charge in [-0.3, -0.25) is 9.59 Å². The number of carbonyl (C=O) groups excluding carboxylic acids is 3. The van der Waals surface area contributed by atoms with Crippen LogP contribution in [0.15, 0.2) is 54.6 Å². The third-order valence-electron chi connectivity index (χ3n) is 4.33. The predicted molar refractivity (Wildman–Crippen MR) is 119 cm³/mol. The second-order valence-electron chi connectivity index (χ2n) is 6.82. The maximum absolute atomic E-state index is 12.2. The van der Waals surface area contributed by atoms with Gasteiger partial charge in [0.05, 0.1) is 7.11 Å². The molecule has 0 heterocycles. The third-order valence-corrected chi connectivity index (χ3v) is 4.56. The molecule has 0 aliphatic carbocycles. The van der Waals surface area contributed by atoms with Crippen LogP contribution in [0.4, 0.5) is 0 Å². The number of amides is 2. The molecule has 0 saturated carbocycles. The van der Waals surface area contributed by atoms with Crippen molar-refractivity contribution in [1.82, 2.24) is 10.2 Å². The molecule has 1 unspecified atom stereocenters. The van der Waals surface area contributed by atoms with Crippen molar-refractivity contribution in [3.05, 3.63) is 70.8 Å². The van der Waals surface area contributed by atoms with Gasteiger partial charge in [-0.2, -0.15) is 0 Å². The van der Waals surface area contributed by atoms with Crippen molar-refractivity contribution < 1.29 is 23.9 Å². The molecule has 164 valence electrons. The predicted octanol–water partition coefficient (Wildman–Crippen LogP) is 3.07. The first kappa shape index (κ1) is 24.0. The van der Waals surface area contributed by atoms with Crippen LogP contribution in [0.25, 0.3) is 6.08 Å². The molecular formula is C23H25ClN2O5. The Balaban J connectivity index is 1.76. The van der Waals surface area contributed by atoms with E-state index in [-0.39, 0.29) is 5.91 Å². The van der Waals surface area contributed by atoms with E-state index in [1.165, 1.54) is 17.9 Å². The zero-order valence-electron chi connectivity index (χ0n) is 17.6. The zero-order chi connectivity index (χ0) is 22.8. The summed E-state index contributed by atoms with van der Waals surface area (Å²) in [5.74, 6) is -0.808. The Morgan fingerprint density at radius 2 is 1.87 bits per heavy atom. The number of ether oxygens (including phenoxy) is 2. The van der Waals surface area contributed by atoms with Gasteiger partial charge in [0.15, 0.2) is 6.61 Å². The van der Waals surface area contributed by atoms with Gasteiger partial charge in [-0.05, 0) is 48.4 Å². The van der Waals surface area contributed by atoms with E-state index in [2.05, 4.69) is 5.32 Å². The summed E-state index contributed by atoms with van der Waals surface area (Å²) in [6, 6.07) is 13.4. The lowest BCUT2D eigenvalue weighted by molar-refractivity contribution is -0.153. The Morgan fingerprint density at radius 1 is 1.16 bits per heavy atom. The van der Waals surface area contributed by atoms with Gasteiger partial charge in [0.25, 0.3) is 5.91 Å². The van der Waals surface area contributed by atoms with Crippen LogP contribution >= 0.6 is 11.6 Å². The molecule has 0 aliphatic heterocycles. The van der Waals surface area contributed by atoms with E-state index in [0.717, 1.165) is 11.1 Å². The number of methoxy groups -OCH3 is 1. The smallest absolute Gasteiger partial charge is 0.328 e. The maximum Gasteiger partial charge on any atom is 0.328 e. The lowest BCUT2D eigenvalue weighted by atomic mass is 10.2. The molecule has 0 fully saturated rings.